The van der Waals surface area contributed by atoms with Gasteiger partial charge in [-0.1, -0.05) is 23.7 Å². The van der Waals surface area contributed by atoms with Crippen molar-refractivity contribution in [2.45, 2.75) is 12.2 Å². The zero-order chi connectivity index (χ0) is 13.5. The van der Waals surface area contributed by atoms with Crippen molar-refractivity contribution >= 4 is 35.3 Å². The molecule has 0 heterocycles. The number of halogens is 1. The molecule has 0 aromatic heterocycles. The van der Waals surface area contributed by atoms with Crippen LogP contribution in [0.5, 0.6) is 0 Å². The fourth-order valence-electron chi connectivity index (χ4n) is 1.31. The maximum Gasteiger partial charge on any atom is 0.323 e. The summed E-state index contributed by atoms with van der Waals surface area (Å²) >= 11 is 6.79. The van der Waals surface area contributed by atoms with Gasteiger partial charge in [0.2, 0.25) is 0 Å². The second kappa shape index (κ2) is 7.28. The molecule has 1 aromatic carbocycles. The molecule has 0 radical (unpaired) electrons. The predicted octanol–water partition coefficient (Wildman–Crippen LogP) is 2.76. The number of rotatable bonds is 6. The number of carbonyl (C=O) groups is 2. The first-order chi connectivity index (χ1) is 8.54. The third-order valence-corrected chi connectivity index (χ3v) is 3.51. The summed E-state index contributed by atoms with van der Waals surface area (Å²) in [5.74, 6) is -1.57. The number of aliphatic carboxylic acids is 1. The molecule has 4 nitrogen and oxygen atoms in total. The summed E-state index contributed by atoms with van der Waals surface area (Å²) in [5, 5.41) is 8.59. The fourth-order valence-corrected chi connectivity index (χ4v) is 2.30. The van der Waals surface area contributed by atoms with Crippen LogP contribution in [0.1, 0.15) is 17.7 Å². The van der Waals surface area contributed by atoms with Crippen molar-refractivity contribution in [3.63, 3.8) is 0 Å². The van der Waals surface area contributed by atoms with E-state index in [1.54, 1.807) is 31.2 Å². The van der Waals surface area contributed by atoms with E-state index in [1.807, 2.05) is 0 Å². The van der Waals surface area contributed by atoms with Gasteiger partial charge in [0.1, 0.15) is 5.25 Å². The molecule has 0 aliphatic heterocycles. The maximum absolute atomic E-state index is 11.8. The Balaban J connectivity index is 2.85. The smallest absolute Gasteiger partial charge is 0.323 e. The number of benzene rings is 1. The van der Waals surface area contributed by atoms with Crippen LogP contribution < -0.4 is 0 Å². The number of hydrogen-bond acceptors (Lipinski definition) is 4. The lowest BCUT2D eigenvalue weighted by molar-refractivity contribution is -0.142. The van der Waals surface area contributed by atoms with Crippen molar-refractivity contribution in [1.29, 1.82) is 0 Å². The van der Waals surface area contributed by atoms with E-state index in [4.69, 9.17) is 21.4 Å². The molecule has 1 aromatic rings. The van der Waals surface area contributed by atoms with Gasteiger partial charge in [-0.3, -0.25) is 9.59 Å². The van der Waals surface area contributed by atoms with E-state index in [1.165, 1.54) is 0 Å². The molecular weight excluding hydrogens is 276 g/mol. The Morgan fingerprint density at radius 3 is 2.50 bits per heavy atom. The van der Waals surface area contributed by atoms with Gasteiger partial charge in [0, 0.05) is 5.02 Å². The Hall–Kier alpha value is -1.20. The molecule has 1 N–H and O–H groups in total. The number of ether oxygens (including phenoxy) is 1. The quantitative estimate of drug-likeness (QED) is 0.816. The highest BCUT2D eigenvalue weighted by Crippen LogP contribution is 2.30. The third-order valence-electron chi connectivity index (χ3n) is 2.05. The van der Waals surface area contributed by atoms with E-state index >= 15 is 0 Å². The van der Waals surface area contributed by atoms with E-state index < -0.39 is 17.2 Å². The van der Waals surface area contributed by atoms with Crippen molar-refractivity contribution < 1.29 is 19.4 Å². The Labute approximate surface area is 114 Å². The highest BCUT2D eigenvalue weighted by molar-refractivity contribution is 8.00. The van der Waals surface area contributed by atoms with Gasteiger partial charge >= 0.3 is 11.9 Å². The SMILES string of the molecule is CCOC(=O)C(SCC(=O)O)c1ccc(Cl)cc1. The van der Waals surface area contributed by atoms with Crippen LogP contribution in [-0.4, -0.2) is 29.4 Å². The molecular formula is C12H13ClO4S. The van der Waals surface area contributed by atoms with E-state index in [0.29, 0.717) is 10.6 Å². The molecule has 0 fully saturated rings. The van der Waals surface area contributed by atoms with E-state index in [9.17, 15) is 9.59 Å². The first-order valence-electron chi connectivity index (χ1n) is 5.30. The summed E-state index contributed by atoms with van der Waals surface area (Å²) in [6.45, 7) is 1.97. The van der Waals surface area contributed by atoms with E-state index in [-0.39, 0.29) is 12.4 Å². The summed E-state index contributed by atoms with van der Waals surface area (Å²) in [5.41, 5.74) is 0.684. The third kappa shape index (κ3) is 4.58. The molecule has 1 rings (SSSR count). The molecule has 6 heteroatoms. The molecule has 98 valence electrons. The molecule has 18 heavy (non-hydrogen) atoms. The second-order valence-electron chi connectivity index (χ2n) is 3.39. The molecule has 1 atom stereocenters. The standard InChI is InChI=1S/C12H13ClO4S/c1-2-17-12(16)11(18-7-10(14)15)8-3-5-9(13)6-4-8/h3-6,11H,2,7H2,1H3,(H,14,15). The van der Waals surface area contributed by atoms with Gasteiger partial charge in [0.25, 0.3) is 0 Å². The summed E-state index contributed by atoms with van der Waals surface area (Å²) in [6.07, 6.45) is 0. The molecule has 0 spiro atoms. The number of carboxylic acid groups (broad SMARTS) is 1. The Morgan fingerprint density at radius 1 is 1.39 bits per heavy atom. The van der Waals surface area contributed by atoms with Crippen LogP contribution in [0.15, 0.2) is 24.3 Å². The molecule has 0 saturated heterocycles. The number of esters is 1. The largest absolute Gasteiger partial charge is 0.481 e. The first-order valence-corrected chi connectivity index (χ1v) is 6.72. The monoisotopic (exact) mass is 288 g/mol. The summed E-state index contributed by atoms with van der Waals surface area (Å²) in [7, 11) is 0. The van der Waals surface area contributed by atoms with Gasteiger partial charge in [0.15, 0.2) is 0 Å². The summed E-state index contributed by atoms with van der Waals surface area (Å²) in [6, 6.07) is 6.70. The van der Waals surface area contributed by atoms with Gasteiger partial charge in [-0.15, -0.1) is 11.8 Å². The predicted molar refractivity (Wildman–Crippen MR) is 70.9 cm³/mol. The van der Waals surface area contributed by atoms with Crippen LogP contribution in [0.3, 0.4) is 0 Å². The molecule has 0 aliphatic rings. The minimum Gasteiger partial charge on any atom is -0.481 e. The van der Waals surface area contributed by atoms with Crippen molar-refractivity contribution in [3.05, 3.63) is 34.9 Å². The van der Waals surface area contributed by atoms with E-state index in [2.05, 4.69) is 0 Å². The molecule has 1 unspecified atom stereocenters. The first kappa shape index (κ1) is 14.9. The maximum atomic E-state index is 11.8. The molecule has 0 amide bonds. The van der Waals surface area contributed by atoms with Gasteiger partial charge in [0.05, 0.1) is 12.4 Å². The highest BCUT2D eigenvalue weighted by atomic mass is 35.5. The van der Waals surface area contributed by atoms with Gasteiger partial charge in [-0.2, -0.15) is 0 Å². The van der Waals surface area contributed by atoms with Crippen LogP contribution in [0.25, 0.3) is 0 Å². The lowest BCUT2D eigenvalue weighted by Crippen LogP contribution is -2.15. The van der Waals surface area contributed by atoms with Crippen molar-refractivity contribution in [2.24, 2.45) is 0 Å². The topological polar surface area (TPSA) is 63.6 Å². The van der Waals surface area contributed by atoms with Crippen LogP contribution in [0.4, 0.5) is 0 Å². The normalized spacial score (nSPS) is 11.9. The highest BCUT2D eigenvalue weighted by Gasteiger charge is 2.23. The van der Waals surface area contributed by atoms with Crippen molar-refractivity contribution in [3.8, 4) is 0 Å². The summed E-state index contributed by atoms with van der Waals surface area (Å²) in [4.78, 5) is 22.3. The zero-order valence-corrected chi connectivity index (χ0v) is 11.3. The zero-order valence-electron chi connectivity index (χ0n) is 9.76. The van der Waals surface area contributed by atoms with Crippen LogP contribution >= 0.6 is 23.4 Å². The number of hydrogen-bond donors (Lipinski definition) is 1. The lowest BCUT2D eigenvalue weighted by Gasteiger charge is -2.14. The van der Waals surface area contributed by atoms with Crippen molar-refractivity contribution in [2.75, 3.05) is 12.4 Å². The lowest BCUT2D eigenvalue weighted by atomic mass is 10.1. The minimum atomic E-state index is -0.969. The number of thioether (sulfide) groups is 1. The van der Waals surface area contributed by atoms with Crippen molar-refractivity contribution in [1.82, 2.24) is 0 Å². The van der Waals surface area contributed by atoms with Crippen LogP contribution in [0, 0.1) is 0 Å². The number of carbonyl (C=O) groups excluding carboxylic acids is 1. The second-order valence-corrected chi connectivity index (χ2v) is 4.92. The Kier molecular flexibility index (Phi) is 6.01. The van der Waals surface area contributed by atoms with E-state index in [0.717, 1.165) is 11.8 Å². The van der Waals surface area contributed by atoms with Gasteiger partial charge < -0.3 is 9.84 Å². The van der Waals surface area contributed by atoms with Crippen LogP contribution in [0.2, 0.25) is 5.02 Å². The number of carboxylic acids is 1. The summed E-state index contributed by atoms with van der Waals surface area (Å²) < 4.78 is 4.94. The molecule has 0 bridgehead atoms. The average molecular weight is 289 g/mol. The molecule has 0 saturated carbocycles. The molecule has 0 aliphatic carbocycles. The van der Waals surface area contributed by atoms with Gasteiger partial charge in [-0.05, 0) is 24.6 Å². The van der Waals surface area contributed by atoms with Crippen LogP contribution in [-0.2, 0) is 14.3 Å². The Bertz CT molecular complexity index is 419. The Morgan fingerprint density at radius 2 is 2.00 bits per heavy atom. The minimum absolute atomic E-state index is 0.161. The fraction of sp³-hybridized carbons (Fsp3) is 0.333. The average Bonchev–Trinajstić information content (AvgIpc) is 2.31. The van der Waals surface area contributed by atoms with Gasteiger partial charge in [-0.25, -0.2) is 0 Å².